The normalized spacial score (nSPS) is 19.1. The van der Waals surface area contributed by atoms with Crippen molar-refractivity contribution in [3.63, 3.8) is 0 Å². The van der Waals surface area contributed by atoms with Crippen LogP contribution in [0.15, 0.2) is 0 Å². The lowest BCUT2D eigenvalue weighted by atomic mass is 10.0. The van der Waals surface area contributed by atoms with Crippen molar-refractivity contribution in [2.75, 3.05) is 18.1 Å². The molecular weight excluding hydrogens is 262 g/mol. The Morgan fingerprint density at radius 2 is 1.35 bits per heavy atom. The first kappa shape index (κ1) is 17.5. The van der Waals surface area contributed by atoms with Gasteiger partial charge < -0.3 is 26.2 Å². The summed E-state index contributed by atoms with van der Waals surface area (Å²) in [7, 11) is 0. The summed E-state index contributed by atoms with van der Waals surface area (Å²) in [6.07, 6.45) is -5.14. The highest BCUT2D eigenvalue weighted by Gasteiger charge is 2.34. The van der Waals surface area contributed by atoms with E-state index < -0.39 is 24.4 Å². The molecule has 0 heterocycles. The molecule has 0 fully saturated rings. The van der Waals surface area contributed by atoms with Crippen molar-refractivity contribution in [1.29, 1.82) is 0 Å². The van der Waals surface area contributed by atoms with Crippen LogP contribution >= 0.6 is 23.5 Å². The van der Waals surface area contributed by atoms with Crippen molar-refractivity contribution in [1.82, 2.24) is 0 Å². The monoisotopic (exact) mass is 285 g/mol. The Morgan fingerprint density at radius 1 is 0.882 bits per heavy atom. The molecule has 0 aromatic heterocycles. The summed E-state index contributed by atoms with van der Waals surface area (Å²) in [5.41, 5.74) is 5.19. The minimum absolute atomic E-state index is 0.155. The van der Waals surface area contributed by atoms with Gasteiger partial charge in [-0.25, -0.2) is 0 Å². The first-order valence-electron chi connectivity index (χ1n) is 5.65. The van der Waals surface area contributed by atoms with Crippen LogP contribution in [0, 0.1) is 0 Å². The van der Waals surface area contributed by atoms with E-state index in [0.29, 0.717) is 0 Å². The summed E-state index contributed by atoms with van der Waals surface area (Å²) < 4.78 is -0.223. The summed E-state index contributed by atoms with van der Waals surface area (Å²) in [4.78, 5) is 0. The molecule has 0 unspecified atom stereocenters. The molecular formula is C10H23NO4S2. The van der Waals surface area contributed by atoms with Crippen LogP contribution in [0.5, 0.6) is 0 Å². The van der Waals surface area contributed by atoms with Crippen molar-refractivity contribution < 1.29 is 20.4 Å². The van der Waals surface area contributed by atoms with E-state index in [1.807, 2.05) is 13.8 Å². The molecule has 0 saturated heterocycles. The van der Waals surface area contributed by atoms with Crippen LogP contribution in [0.2, 0.25) is 0 Å². The average molecular weight is 285 g/mol. The highest BCUT2D eigenvalue weighted by atomic mass is 32.2. The third-order valence-electron chi connectivity index (χ3n) is 2.28. The number of rotatable bonds is 9. The van der Waals surface area contributed by atoms with Gasteiger partial charge in [0.25, 0.3) is 0 Å². The van der Waals surface area contributed by atoms with E-state index in [1.54, 1.807) is 0 Å². The zero-order valence-corrected chi connectivity index (χ0v) is 11.8. The van der Waals surface area contributed by atoms with Gasteiger partial charge in [0.1, 0.15) is 18.3 Å². The van der Waals surface area contributed by atoms with Crippen molar-refractivity contribution in [3.8, 4) is 0 Å². The fraction of sp³-hybridized carbons (Fsp3) is 1.00. The topological polar surface area (TPSA) is 107 Å². The Balaban J connectivity index is 4.46. The number of aliphatic hydroxyl groups is 4. The van der Waals surface area contributed by atoms with Crippen molar-refractivity contribution in [2.45, 2.75) is 42.8 Å². The highest BCUT2D eigenvalue weighted by molar-refractivity contribution is 8.17. The van der Waals surface area contributed by atoms with Gasteiger partial charge in [-0.3, -0.25) is 0 Å². The maximum Gasteiger partial charge on any atom is 0.110 e. The fourth-order valence-corrected chi connectivity index (χ4v) is 3.88. The Labute approximate surface area is 111 Å². The molecule has 6 N–H and O–H groups in total. The van der Waals surface area contributed by atoms with Crippen molar-refractivity contribution in [3.05, 3.63) is 0 Å². The molecule has 0 bridgehead atoms. The lowest BCUT2D eigenvalue weighted by molar-refractivity contribution is -0.0974. The summed E-state index contributed by atoms with van der Waals surface area (Å²) in [6.45, 7) is 3.76. The molecule has 17 heavy (non-hydrogen) atoms. The van der Waals surface area contributed by atoms with E-state index in [0.717, 1.165) is 11.5 Å². The molecule has 4 atom stereocenters. The van der Waals surface area contributed by atoms with E-state index >= 15 is 0 Å². The third-order valence-corrected chi connectivity index (χ3v) is 4.97. The van der Waals surface area contributed by atoms with Gasteiger partial charge in [0.05, 0.1) is 10.7 Å². The van der Waals surface area contributed by atoms with Gasteiger partial charge in [-0.15, -0.1) is 23.5 Å². The Bertz CT molecular complexity index is 193. The van der Waals surface area contributed by atoms with Gasteiger partial charge in [-0.05, 0) is 11.5 Å². The smallest absolute Gasteiger partial charge is 0.110 e. The van der Waals surface area contributed by atoms with Crippen LogP contribution in [0.25, 0.3) is 0 Å². The van der Waals surface area contributed by atoms with Gasteiger partial charge in [-0.2, -0.15) is 0 Å². The summed E-state index contributed by atoms with van der Waals surface area (Å²) in [5, 5.41) is 38.6. The molecule has 0 aliphatic heterocycles. The lowest BCUT2D eigenvalue weighted by Crippen LogP contribution is -2.49. The second-order valence-electron chi connectivity index (χ2n) is 3.55. The molecule has 0 amide bonds. The number of nitrogens with two attached hydrogens (primary N) is 1. The third kappa shape index (κ3) is 5.78. The molecule has 7 heteroatoms. The molecule has 0 spiro atoms. The molecule has 0 rings (SSSR count). The minimum Gasteiger partial charge on any atom is -0.389 e. The molecule has 104 valence electrons. The Morgan fingerprint density at radius 3 is 1.71 bits per heavy atom. The molecule has 0 radical (unpaired) electrons. The zero-order valence-electron chi connectivity index (χ0n) is 10.2. The fourth-order valence-electron chi connectivity index (χ4n) is 1.30. The molecule has 0 aromatic rings. The molecule has 5 nitrogen and oxygen atoms in total. The lowest BCUT2D eigenvalue weighted by Gasteiger charge is -2.30. The second kappa shape index (κ2) is 9.43. The van der Waals surface area contributed by atoms with Gasteiger partial charge in [0.15, 0.2) is 0 Å². The maximum absolute atomic E-state index is 9.95. The predicted molar refractivity (Wildman–Crippen MR) is 73.1 cm³/mol. The first-order chi connectivity index (χ1) is 7.99. The number of hydrogen-bond acceptors (Lipinski definition) is 7. The summed E-state index contributed by atoms with van der Waals surface area (Å²) in [5.74, 6) is 1.61. The van der Waals surface area contributed by atoms with E-state index in [9.17, 15) is 20.4 Å². The first-order valence-corrected chi connectivity index (χ1v) is 7.74. The van der Waals surface area contributed by atoms with Gasteiger partial charge in [0.2, 0.25) is 0 Å². The van der Waals surface area contributed by atoms with E-state index in [2.05, 4.69) is 0 Å². The van der Waals surface area contributed by atoms with Gasteiger partial charge >= 0.3 is 0 Å². The SMILES string of the molecule is CCSC(SCC)[C@H](O)[C@@H](O)[C@@H](O)[C@H](O)CN. The van der Waals surface area contributed by atoms with Crippen LogP contribution in [0.4, 0.5) is 0 Å². The Kier molecular flexibility index (Phi) is 9.71. The van der Waals surface area contributed by atoms with Crippen LogP contribution < -0.4 is 5.73 Å². The number of hydrogen-bond donors (Lipinski definition) is 5. The molecule has 0 aromatic carbocycles. The van der Waals surface area contributed by atoms with E-state index in [4.69, 9.17) is 5.73 Å². The van der Waals surface area contributed by atoms with Crippen LogP contribution in [-0.4, -0.2) is 67.5 Å². The van der Waals surface area contributed by atoms with Crippen molar-refractivity contribution in [2.24, 2.45) is 5.73 Å². The number of aliphatic hydroxyl groups excluding tert-OH is 4. The maximum atomic E-state index is 9.95. The van der Waals surface area contributed by atoms with Crippen LogP contribution in [0.1, 0.15) is 13.8 Å². The van der Waals surface area contributed by atoms with Crippen LogP contribution in [-0.2, 0) is 0 Å². The van der Waals surface area contributed by atoms with E-state index in [1.165, 1.54) is 23.5 Å². The zero-order chi connectivity index (χ0) is 13.4. The summed E-state index contributed by atoms with van der Waals surface area (Å²) in [6, 6.07) is 0. The number of thioether (sulfide) groups is 2. The van der Waals surface area contributed by atoms with E-state index in [-0.39, 0.29) is 11.1 Å². The van der Waals surface area contributed by atoms with Gasteiger partial charge in [-0.1, -0.05) is 13.8 Å². The minimum atomic E-state index is -1.42. The second-order valence-corrected chi connectivity index (χ2v) is 6.69. The standard InChI is InChI=1S/C10H23NO4S2/c1-3-16-10(17-4-2)9(15)8(14)7(13)6(12)5-11/h6-10,12-15H,3-5,11H2,1-2H3/t6-,7+,8+,9-/m1/s1. The van der Waals surface area contributed by atoms with Crippen LogP contribution in [0.3, 0.4) is 0 Å². The molecule has 0 aliphatic rings. The average Bonchev–Trinajstić information content (AvgIpc) is 2.34. The quantitative estimate of drug-likeness (QED) is 0.354. The predicted octanol–water partition coefficient (Wildman–Crippen LogP) is -0.779. The Hall–Kier alpha value is 0.500. The van der Waals surface area contributed by atoms with Crippen molar-refractivity contribution >= 4 is 23.5 Å². The highest BCUT2D eigenvalue weighted by Crippen LogP contribution is 2.29. The summed E-state index contributed by atoms with van der Waals surface area (Å²) >= 11 is 3.01. The van der Waals surface area contributed by atoms with Gasteiger partial charge in [0, 0.05) is 6.54 Å². The molecule has 0 aliphatic carbocycles. The molecule has 0 saturated carbocycles. The largest absolute Gasteiger partial charge is 0.389 e.